The summed E-state index contributed by atoms with van der Waals surface area (Å²) in [5.41, 5.74) is 3.56. The van der Waals surface area contributed by atoms with Gasteiger partial charge in [0.05, 0.1) is 0 Å². The van der Waals surface area contributed by atoms with Crippen LogP contribution in [0.5, 0.6) is 5.75 Å². The molecule has 3 rings (SSSR count). The van der Waals surface area contributed by atoms with Gasteiger partial charge < -0.3 is 4.74 Å². The van der Waals surface area contributed by atoms with Crippen LogP contribution in [0, 0.1) is 5.82 Å². The fourth-order valence-electron chi connectivity index (χ4n) is 3.10. The number of hydrogen-bond donors (Lipinski definition) is 0. The van der Waals surface area contributed by atoms with Crippen molar-refractivity contribution in [2.75, 3.05) is 19.7 Å². The summed E-state index contributed by atoms with van der Waals surface area (Å²) in [6.07, 6.45) is 4.10. The van der Waals surface area contributed by atoms with E-state index in [0.29, 0.717) is 6.61 Å². The van der Waals surface area contributed by atoms with Crippen LogP contribution in [-0.4, -0.2) is 24.6 Å². The average Bonchev–Trinajstić information content (AvgIpc) is 2.62. The number of aryl methyl sites for hydroxylation is 1. The number of nitrogens with zero attached hydrogens (tertiary/aromatic N) is 1. The van der Waals surface area contributed by atoms with E-state index in [1.54, 1.807) is 12.1 Å². The molecule has 1 heterocycles. The van der Waals surface area contributed by atoms with Crippen molar-refractivity contribution in [2.24, 2.45) is 0 Å². The fourth-order valence-corrected chi connectivity index (χ4v) is 3.10. The predicted octanol–water partition coefficient (Wildman–Crippen LogP) is 4.60. The molecule has 0 aliphatic carbocycles. The first-order valence-corrected chi connectivity index (χ1v) is 8.60. The van der Waals surface area contributed by atoms with Crippen molar-refractivity contribution in [1.82, 2.24) is 4.90 Å². The first-order chi connectivity index (χ1) is 11.7. The molecule has 0 fully saturated rings. The summed E-state index contributed by atoms with van der Waals surface area (Å²) in [5, 5.41) is 0. The highest BCUT2D eigenvalue weighted by molar-refractivity contribution is 5.34. The Morgan fingerprint density at radius 3 is 2.75 bits per heavy atom. The van der Waals surface area contributed by atoms with Crippen LogP contribution in [0.25, 0.3) is 0 Å². The highest BCUT2D eigenvalue weighted by Gasteiger charge is 2.14. The van der Waals surface area contributed by atoms with Crippen molar-refractivity contribution >= 4 is 0 Å². The molecule has 2 aromatic carbocycles. The molecule has 2 nitrogen and oxygen atoms in total. The van der Waals surface area contributed by atoms with E-state index >= 15 is 0 Å². The van der Waals surface area contributed by atoms with Crippen LogP contribution in [0.15, 0.2) is 60.2 Å². The minimum Gasteiger partial charge on any atom is -0.489 e. The Morgan fingerprint density at radius 1 is 1.12 bits per heavy atom. The number of benzene rings is 2. The molecule has 0 saturated heterocycles. The SMILES string of the molecule is CCc1cc(F)ccc1OCC1=CCCN(Cc2ccccc2)C1. The summed E-state index contributed by atoms with van der Waals surface area (Å²) in [5.74, 6) is 0.588. The lowest BCUT2D eigenvalue weighted by Gasteiger charge is -2.27. The minimum absolute atomic E-state index is 0.204. The number of halogens is 1. The van der Waals surface area contributed by atoms with Gasteiger partial charge in [-0.05, 0) is 47.7 Å². The third-order valence-corrected chi connectivity index (χ3v) is 4.37. The molecule has 0 aromatic heterocycles. The lowest BCUT2D eigenvalue weighted by atomic mass is 10.1. The van der Waals surface area contributed by atoms with Gasteiger partial charge in [0.2, 0.25) is 0 Å². The van der Waals surface area contributed by atoms with Crippen molar-refractivity contribution in [3.8, 4) is 5.75 Å². The largest absolute Gasteiger partial charge is 0.489 e. The van der Waals surface area contributed by atoms with E-state index < -0.39 is 0 Å². The molecule has 1 aliphatic rings. The first kappa shape index (κ1) is 16.7. The van der Waals surface area contributed by atoms with Crippen molar-refractivity contribution in [3.63, 3.8) is 0 Å². The van der Waals surface area contributed by atoms with Crippen LogP contribution < -0.4 is 4.74 Å². The molecule has 0 atom stereocenters. The van der Waals surface area contributed by atoms with Gasteiger partial charge in [0.1, 0.15) is 18.2 Å². The van der Waals surface area contributed by atoms with Gasteiger partial charge in [-0.2, -0.15) is 0 Å². The first-order valence-electron chi connectivity index (χ1n) is 8.60. The van der Waals surface area contributed by atoms with E-state index in [1.165, 1.54) is 17.2 Å². The molecular weight excluding hydrogens is 301 g/mol. The van der Waals surface area contributed by atoms with Crippen LogP contribution in [0.4, 0.5) is 4.39 Å². The van der Waals surface area contributed by atoms with Gasteiger partial charge in [-0.3, -0.25) is 4.90 Å². The summed E-state index contributed by atoms with van der Waals surface area (Å²) >= 11 is 0. The maximum absolute atomic E-state index is 13.3. The second-order valence-corrected chi connectivity index (χ2v) is 6.24. The molecule has 0 spiro atoms. The van der Waals surface area contributed by atoms with Gasteiger partial charge in [0.15, 0.2) is 0 Å². The molecule has 0 N–H and O–H groups in total. The molecule has 24 heavy (non-hydrogen) atoms. The number of hydrogen-bond acceptors (Lipinski definition) is 2. The number of rotatable bonds is 6. The Bertz CT molecular complexity index is 696. The summed E-state index contributed by atoms with van der Waals surface area (Å²) in [6, 6.07) is 15.3. The average molecular weight is 325 g/mol. The van der Waals surface area contributed by atoms with Crippen LogP contribution in [0.2, 0.25) is 0 Å². The van der Waals surface area contributed by atoms with Gasteiger partial charge >= 0.3 is 0 Å². The van der Waals surface area contributed by atoms with Crippen molar-refractivity contribution in [3.05, 3.63) is 77.1 Å². The second-order valence-electron chi connectivity index (χ2n) is 6.24. The topological polar surface area (TPSA) is 12.5 Å². The van der Waals surface area contributed by atoms with Gasteiger partial charge in [-0.25, -0.2) is 4.39 Å². The lowest BCUT2D eigenvalue weighted by molar-refractivity contribution is 0.258. The van der Waals surface area contributed by atoms with Gasteiger partial charge in [-0.1, -0.05) is 43.3 Å². The quantitative estimate of drug-likeness (QED) is 0.720. The van der Waals surface area contributed by atoms with E-state index in [4.69, 9.17) is 4.74 Å². The normalized spacial score (nSPS) is 15.2. The van der Waals surface area contributed by atoms with E-state index in [-0.39, 0.29) is 5.82 Å². The monoisotopic (exact) mass is 325 g/mol. The Kier molecular flexibility index (Phi) is 5.65. The summed E-state index contributed by atoms with van der Waals surface area (Å²) in [6.45, 7) is 5.56. The molecule has 2 aromatic rings. The van der Waals surface area contributed by atoms with Crippen LogP contribution in [-0.2, 0) is 13.0 Å². The zero-order valence-electron chi connectivity index (χ0n) is 14.2. The summed E-state index contributed by atoms with van der Waals surface area (Å²) in [4.78, 5) is 2.44. The maximum Gasteiger partial charge on any atom is 0.123 e. The van der Waals surface area contributed by atoms with Crippen LogP contribution >= 0.6 is 0 Å². The molecule has 0 radical (unpaired) electrons. The standard InChI is InChI=1S/C21H24FNO/c1-2-19-13-20(22)10-11-21(19)24-16-18-9-6-12-23(15-18)14-17-7-4-3-5-8-17/h3-5,7-11,13H,2,6,12,14-16H2,1H3. The van der Waals surface area contributed by atoms with E-state index in [2.05, 4.69) is 35.2 Å². The van der Waals surface area contributed by atoms with Crippen molar-refractivity contribution < 1.29 is 9.13 Å². The van der Waals surface area contributed by atoms with Crippen molar-refractivity contribution in [2.45, 2.75) is 26.3 Å². The molecule has 3 heteroatoms. The maximum atomic E-state index is 13.3. The fraction of sp³-hybridized carbons (Fsp3) is 0.333. The van der Waals surface area contributed by atoms with Crippen LogP contribution in [0.3, 0.4) is 0 Å². The molecular formula is C21H24FNO. The predicted molar refractivity (Wildman–Crippen MR) is 95.7 cm³/mol. The van der Waals surface area contributed by atoms with Crippen LogP contribution in [0.1, 0.15) is 24.5 Å². The Balaban J connectivity index is 1.57. The van der Waals surface area contributed by atoms with Gasteiger partial charge in [0.25, 0.3) is 0 Å². The third kappa shape index (κ3) is 4.45. The van der Waals surface area contributed by atoms with E-state index in [9.17, 15) is 4.39 Å². The molecule has 126 valence electrons. The molecule has 0 unspecified atom stereocenters. The Morgan fingerprint density at radius 2 is 1.96 bits per heavy atom. The Labute approximate surface area is 143 Å². The summed E-state index contributed by atoms with van der Waals surface area (Å²) in [7, 11) is 0. The zero-order chi connectivity index (χ0) is 16.8. The van der Waals surface area contributed by atoms with Crippen molar-refractivity contribution in [1.29, 1.82) is 0 Å². The second kappa shape index (κ2) is 8.11. The number of ether oxygens (including phenoxy) is 1. The minimum atomic E-state index is -0.204. The summed E-state index contributed by atoms with van der Waals surface area (Å²) < 4.78 is 19.3. The molecule has 0 amide bonds. The highest BCUT2D eigenvalue weighted by Crippen LogP contribution is 2.22. The van der Waals surface area contributed by atoms with Gasteiger partial charge in [-0.15, -0.1) is 0 Å². The highest BCUT2D eigenvalue weighted by atomic mass is 19.1. The Hall–Kier alpha value is -2.13. The smallest absolute Gasteiger partial charge is 0.123 e. The molecule has 0 bridgehead atoms. The lowest BCUT2D eigenvalue weighted by Crippen LogP contribution is -2.31. The van der Waals surface area contributed by atoms with E-state index in [1.807, 2.05) is 13.0 Å². The molecule has 1 aliphatic heterocycles. The van der Waals surface area contributed by atoms with E-state index in [0.717, 1.165) is 43.8 Å². The zero-order valence-corrected chi connectivity index (χ0v) is 14.2. The third-order valence-electron chi connectivity index (χ3n) is 4.37. The van der Waals surface area contributed by atoms with Gasteiger partial charge in [0, 0.05) is 19.6 Å². The molecule has 0 saturated carbocycles.